The van der Waals surface area contributed by atoms with Crippen LogP contribution >= 0.6 is 11.6 Å². The van der Waals surface area contributed by atoms with Gasteiger partial charge in [-0.25, -0.2) is 0 Å². The fourth-order valence-corrected chi connectivity index (χ4v) is 2.98. The number of benzene rings is 1. The zero-order valence-electron chi connectivity index (χ0n) is 15.2. The van der Waals surface area contributed by atoms with Crippen LogP contribution in [0.4, 0.5) is 0 Å². The highest BCUT2D eigenvalue weighted by Crippen LogP contribution is 2.24. The Bertz CT molecular complexity index is 855. The number of furan rings is 1. The zero-order chi connectivity index (χ0) is 20.1. The van der Waals surface area contributed by atoms with E-state index in [4.69, 9.17) is 20.8 Å². The van der Waals surface area contributed by atoms with Gasteiger partial charge < -0.3 is 14.1 Å². The number of carbonyl (C=O) groups is 3. The first kappa shape index (κ1) is 19.8. The van der Waals surface area contributed by atoms with Gasteiger partial charge in [0.15, 0.2) is 6.10 Å². The second-order valence-corrected chi connectivity index (χ2v) is 6.83. The molecule has 2 N–H and O–H groups in total. The lowest BCUT2D eigenvalue weighted by molar-refractivity contribution is -0.134. The van der Waals surface area contributed by atoms with Crippen molar-refractivity contribution in [3.63, 3.8) is 0 Å². The summed E-state index contributed by atoms with van der Waals surface area (Å²) in [6.45, 7) is 2.10. The summed E-state index contributed by atoms with van der Waals surface area (Å²) in [5, 5.41) is 0.382. The van der Waals surface area contributed by atoms with Gasteiger partial charge in [0.1, 0.15) is 11.5 Å². The number of likely N-dealkylation sites (tertiary alicyclic amines) is 1. The Labute approximate surface area is 166 Å². The molecule has 2 aromatic rings. The largest absolute Gasteiger partial charge is 0.479 e. The standard InChI is InChI=1S/C19H20ClN3O5/c1-12(28-16-7-3-2-6-15(16)20)18(25)21-22-19(26)13-9-17(24)23(10-13)11-14-5-4-8-27-14/h2-8,12-13H,9-11H2,1H3,(H,21,25)(H,22,26). The van der Waals surface area contributed by atoms with Gasteiger partial charge in [-0.15, -0.1) is 0 Å². The van der Waals surface area contributed by atoms with Gasteiger partial charge in [0, 0.05) is 13.0 Å². The maximum absolute atomic E-state index is 12.3. The van der Waals surface area contributed by atoms with E-state index >= 15 is 0 Å². The molecule has 1 aromatic heterocycles. The van der Waals surface area contributed by atoms with Gasteiger partial charge in [-0.3, -0.25) is 25.2 Å². The number of hydrogen-bond donors (Lipinski definition) is 2. The molecule has 0 saturated carbocycles. The third-order valence-electron chi connectivity index (χ3n) is 4.33. The number of carbonyl (C=O) groups excluding carboxylic acids is 3. The summed E-state index contributed by atoms with van der Waals surface area (Å²) in [5.41, 5.74) is 4.67. The molecule has 3 rings (SSSR count). The van der Waals surface area contributed by atoms with Gasteiger partial charge in [0.05, 0.1) is 23.7 Å². The first-order chi connectivity index (χ1) is 13.4. The molecule has 28 heavy (non-hydrogen) atoms. The van der Waals surface area contributed by atoms with Gasteiger partial charge in [-0.05, 0) is 31.2 Å². The molecule has 1 saturated heterocycles. The lowest BCUT2D eigenvalue weighted by Gasteiger charge is -2.17. The van der Waals surface area contributed by atoms with Gasteiger partial charge in [0.2, 0.25) is 11.8 Å². The molecule has 0 radical (unpaired) electrons. The number of amides is 3. The molecule has 2 heterocycles. The van der Waals surface area contributed by atoms with Gasteiger partial charge in [0.25, 0.3) is 5.91 Å². The highest BCUT2D eigenvalue weighted by Gasteiger charge is 2.35. The molecule has 1 aliphatic rings. The van der Waals surface area contributed by atoms with Crippen LogP contribution < -0.4 is 15.6 Å². The molecule has 2 unspecified atom stereocenters. The van der Waals surface area contributed by atoms with Crippen molar-refractivity contribution in [1.82, 2.24) is 15.8 Å². The highest BCUT2D eigenvalue weighted by atomic mass is 35.5. The van der Waals surface area contributed by atoms with Gasteiger partial charge in [-0.2, -0.15) is 0 Å². The summed E-state index contributed by atoms with van der Waals surface area (Å²) in [4.78, 5) is 38.1. The average molecular weight is 406 g/mol. The number of para-hydroxylation sites is 1. The molecule has 0 spiro atoms. The van der Waals surface area contributed by atoms with Crippen molar-refractivity contribution in [1.29, 1.82) is 0 Å². The smallest absolute Gasteiger partial charge is 0.279 e. The lowest BCUT2D eigenvalue weighted by Crippen LogP contribution is -2.49. The van der Waals surface area contributed by atoms with Crippen molar-refractivity contribution in [2.24, 2.45) is 5.92 Å². The number of hydrazine groups is 1. The summed E-state index contributed by atoms with van der Waals surface area (Å²) in [5.74, 6) is -0.652. The highest BCUT2D eigenvalue weighted by molar-refractivity contribution is 6.32. The van der Waals surface area contributed by atoms with Crippen LogP contribution in [0.1, 0.15) is 19.1 Å². The Kier molecular flexibility index (Phi) is 6.20. The number of halogens is 1. The summed E-state index contributed by atoms with van der Waals surface area (Å²) in [6, 6.07) is 10.3. The van der Waals surface area contributed by atoms with Crippen molar-refractivity contribution < 1.29 is 23.5 Å². The number of hydrogen-bond acceptors (Lipinski definition) is 5. The fraction of sp³-hybridized carbons (Fsp3) is 0.316. The number of nitrogens with zero attached hydrogens (tertiary/aromatic N) is 1. The Morgan fingerprint density at radius 1 is 1.29 bits per heavy atom. The molecule has 2 atom stereocenters. The SMILES string of the molecule is CC(Oc1ccccc1Cl)C(=O)NNC(=O)C1CC(=O)N(Cc2ccco2)C1. The maximum atomic E-state index is 12.3. The van der Waals surface area contributed by atoms with E-state index in [0.29, 0.717) is 23.1 Å². The van der Waals surface area contributed by atoms with E-state index in [2.05, 4.69) is 10.9 Å². The Morgan fingerprint density at radius 3 is 2.79 bits per heavy atom. The molecule has 1 aliphatic heterocycles. The first-order valence-corrected chi connectivity index (χ1v) is 9.13. The molecule has 1 aromatic carbocycles. The minimum Gasteiger partial charge on any atom is -0.479 e. The molecule has 0 aliphatic carbocycles. The van der Waals surface area contributed by atoms with Crippen LogP contribution in [0.2, 0.25) is 5.02 Å². The summed E-state index contributed by atoms with van der Waals surface area (Å²) >= 11 is 5.99. The van der Waals surface area contributed by atoms with Crippen molar-refractivity contribution in [3.05, 3.63) is 53.4 Å². The number of rotatable bonds is 6. The predicted molar refractivity (Wildman–Crippen MR) is 100 cm³/mol. The molecule has 3 amide bonds. The second kappa shape index (κ2) is 8.79. The summed E-state index contributed by atoms with van der Waals surface area (Å²) in [6.07, 6.45) is 0.732. The minimum absolute atomic E-state index is 0.0775. The van der Waals surface area contributed by atoms with Crippen molar-refractivity contribution in [2.75, 3.05) is 6.54 Å². The average Bonchev–Trinajstić information content (AvgIpc) is 3.32. The van der Waals surface area contributed by atoms with Crippen molar-refractivity contribution in [3.8, 4) is 5.75 Å². The molecule has 148 valence electrons. The monoisotopic (exact) mass is 405 g/mol. The number of ether oxygens (including phenoxy) is 1. The van der Waals surface area contributed by atoms with Crippen LogP contribution in [-0.2, 0) is 20.9 Å². The number of nitrogens with one attached hydrogen (secondary N) is 2. The zero-order valence-corrected chi connectivity index (χ0v) is 15.9. The quantitative estimate of drug-likeness (QED) is 0.715. The van der Waals surface area contributed by atoms with E-state index in [0.717, 1.165) is 0 Å². The van der Waals surface area contributed by atoms with E-state index in [1.54, 1.807) is 41.3 Å². The third-order valence-corrected chi connectivity index (χ3v) is 4.64. The van der Waals surface area contributed by atoms with Crippen molar-refractivity contribution in [2.45, 2.75) is 26.0 Å². The van der Waals surface area contributed by atoms with Crippen molar-refractivity contribution >= 4 is 29.3 Å². The third kappa shape index (κ3) is 4.83. The van der Waals surface area contributed by atoms with E-state index in [-0.39, 0.29) is 18.9 Å². The molecule has 1 fully saturated rings. The summed E-state index contributed by atoms with van der Waals surface area (Å²) in [7, 11) is 0. The van der Waals surface area contributed by atoms with E-state index < -0.39 is 23.8 Å². The fourth-order valence-electron chi connectivity index (χ4n) is 2.80. The van der Waals surface area contributed by atoms with Crippen LogP contribution in [-0.4, -0.2) is 35.3 Å². The predicted octanol–water partition coefficient (Wildman–Crippen LogP) is 1.90. The second-order valence-electron chi connectivity index (χ2n) is 6.42. The lowest BCUT2D eigenvalue weighted by atomic mass is 10.1. The van der Waals surface area contributed by atoms with E-state index in [9.17, 15) is 14.4 Å². The summed E-state index contributed by atoms with van der Waals surface area (Å²) < 4.78 is 10.7. The molecular weight excluding hydrogens is 386 g/mol. The molecular formula is C19H20ClN3O5. The van der Waals surface area contributed by atoms with Crippen LogP contribution in [0.25, 0.3) is 0 Å². The minimum atomic E-state index is -0.874. The normalized spacial score (nSPS) is 17.3. The van der Waals surface area contributed by atoms with E-state index in [1.165, 1.54) is 13.2 Å². The van der Waals surface area contributed by atoms with E-state index in [1.807, 2.05) is 0 Å². The first-order valence-electron chi connectivity index (χ1n) is 8.75. The Morgan fingerprint density at radius 2 is 2.07 bits per heavy atom. The molecule has 9 heteroatoms. The van der Waals surface area contributed by atoms with Crippen LogP contribution in [0, 0.1) is 5.92 Å². The maximum Gasteiger partial charge on any atom is 0.279 e. The Balaban J connectivity index is 1.46. The van der Waals surface area contributed by atoms with Gasteiger partial charge in [-0.1, -0.05) is 23.7 Å². The van der Waals surface area contributed by atoms with Crippen LogP contribution in [0.15, 0.2) is 47.1 Å². The topological polar surface area (TPSA) is 101 Å². The van der Waals surface area contributed by atoms with Gasteiger partial charge >= 0.3 is 0 Å². The van der Waals surface area contributed by atoms with Crippen LogP contribution in [0.3, 0.4) is 0 Å². The Hall–Kier alpha value is -3.00. The molecule has 8 nitrogen and oxygen atoms in total. The molecule has 0 bridgehead atoms. The van der Waals surface area contributed by atoms with Crippen LogP contribution in [0.5, 0.6) is 5.75 Å².